The largest absolute Gasteiger partial charge is 0.395 e. The second-order valence-electron chi connectivity index (χ2n) is 5.75. The Labute approximate surface area is 120 Å². The van der Waals surface area contributed by atoms with E-state index in [9.17, 15) is 4.79 Å². The Balaban J connectivity index is 2.04. The summed E-state index contributed by atoms with van der Waals surface area (Å²) in [5.74, 6) is 0.453. The maximum atomic E-state index is 12.3. The highest BCUT2D eigenvalue weighted by Crippen LogP contribution is 2.27. The summed E-state index contributed by atoms with van der Waals surface area (Å²) >= 11 is 0. The Kier molecular flexibility index (Phi) is 5.04. The van der Waals surface area contributed by atoms with E-state index in [4.69, 9.17) is 5.73 Å². The minimum atomic E-state index is -0.133. The van der Waals surface area contributed by atoms with E-state index in [1.165, 1.54) is 19.3 Å². The number of aromatic nitrogens is 2. The molecule has 1 aromatic rings. The van der Waals surface area contributed by atoms with E-state index < -0.39 is 0 Å². The maximum absolute atomic E-state index is 12.3. The number of aromatic amines is 1. The molecule has 2 unspecified atom stereocenters. The van der Waals surface area contributed by atoms with Crippen molar-refractivity contribution in [2.24, 2.45) is 5.92 Å². The summed E-state index contributed by atoms with van der Waals surface area (Å²) in [5, 5.41) is 10.1. The highest BCUT2D eigenvalue weighted by Gasteiger charge is 2.27. The van der Waals surface area contributed by atoms with Gasteiger partial charge in [-0.15, -0.1) is 0 Å². The van der Waals surface area contributed by atoms with E-state index in [0.717, 1.165) is 31.4 Å². The van der Waals surface area contributed by atoms with Gasteiger partial charge in [0, 0.05) is 6.04 Å². The third kappa shape index (κ3) is 3.14. The van der Waals surface area contributed by atoms with Crippen LogP contribution in [-0.2, 0) is 6.42 Å². The van der Waals surface area contributed by atoms with E-state index in [2.05, 4.69) is 29.4 Å². The zero-order valence-electron chi connectivity index (χ0n) is 12.5. The number of nitrogen functional groups attached to an aromatic ring is 1. The number of nitrogens with two attached hydrogens (primary N) is 1. The Morgan fingerprint density at radius 3 is 2.85 bits per heavy atom. The van der Waals surface area contributed by atoms with Crippen molar-refractivity contribution in [1.82, 2.24) is 15.5 Å². The molecular formula is C15H26N4O. The highest BCUT2D eigenvalue weighted by molar-refractivity contribution is 5.97. The van der Waals surface area contributed by atoms with Crippen LogP contribution in [0.4, 0.5) is 5.69 Å². The first-order valence-electron chi connectivity index (χ1n) is 7.80. The average Bonchev–Trinajstić information content (AvgIpc) is 2.81. The number of rotatable bonds is 5. The number of carbonyl (C=O) groups excluding carboxylic acids is 1. The first-order chi connectivity index (χ1) is 9.67. The summed E-state index contributed by atoms with van der Waals surface area (Å²) in [7, 11) is 0. The van der Waals surface area contributed by atoms with Crippen LogP contribution >= 0.6 is 0 Å². The van der Waals surface area contributed by atoms with Crippen LogP contribution in [0.3, 0.4) is 0 Å². The van der Waals surface area contributed by atoms with E-state index in [1.54, 1.807) is 0 Å². The van der Waals surface area contributed by atoms with Gasteiger partial charge in [-0.05, 0) is 25.2 Å². The predicted molar refractivity (Wildman–Crippen MR) is 80.5 cm³/mol. The number of nitrogens with one attached hydrogen (secondary N) is 2. The molecule has 0 bridgehead atoms. The van der Waals surface area contributed by atoms with Gasteiger partial charge in [0.15, 0.2) is 5.69 Å². The molecule has 1 heterocycles. The first-order valence-corrected chi connectivity index (χ1v) is 7.80. The van der Waals surface area contributed by atoms with E-state index in [-0.39, 0.29) is 11.9 Å². The molecule has 1 aliphatic rings. The fraction of sp³-hybridized carbons (Fsp3) is 0.733. The van der Waals surface area contributed by atoms with E-state index in [0.29, 0.717) is 17.3 Å². The lowest BCUT2D eigenvalue weighted by molar-refractivity contribution is 0.0900. The lowest BCUT2D eigenvalue weighted by Crippen LogP contribution is -2.42. The lowest BCUT2D eigenvalue weighted by Gasteiger charge is -2.31. The van der Waals surface area contributed by atoms with Gasteiger partial charge in [0.25, 0.3) is 5.91 Å². The van der Waals surface area contributed by atoms with Crippen LogP contribution in [0.1, 0.15) is 68.6 Å². The zero-order chi connectivity index (χ0) is 14.5. The molecule has 0 radical (unpaired) electrons. The minimum Gasteiger partial charge on any atom is -0.395 e. The van der Waals surface area contributed by atoms with Gasteiger partial charge in [0.1, 0.15) is 0 Å². The quantitative estimate of drug-likeness (QED) is 0.774. The van der Waals surface area contributed by atoms with Crippen molar-refractivity contribution in [3.05, 3.63) is 11.4 Å². The van der Waals surface area contributed by atoms with E-state index >= 15 is 0 Å². The van der Waals surface area contributed by atoms with Gasteiger partial charge >= 0.3 is 0 Å². The molecule has 20 heavy (non-hydrogen) atoms. The second kappa shape index (κ2) is 6.77. The van der Waals surface area contributed by atoms with Gasteiger partial charge in [-0.2, -0.15) is 5.10 Å². The molecule has 0 saturated heterocycles. The number of amides is 1. The van der Waals surface area contributed by atoms with Gasteiger partial charge in [-0.3, -0.25) is 9.89 Å². The molecule has 2 rings (SSSR count). The number of H-pyrrole nitrogens is 1. The number of nitrogens with zero attached hydrogens (tertiary/aromatic N) is 1. The van der Waals surface area contributed by atoms with Crippen molar-refractivity contribution in [3.8, 4) is 0 Å². The van der Waals surface area contributed by atoms with Crippen molar-refractivity contribution in [1.29, 1.82) is 0 Å². The molecule has 0 aromatic carbocycles. The van der Waals surface area contributed by atoms with Crippen LogP contribution in [0.25, 0.3) is 0 Å². The van der Waals surface area contributed by atoms with Gasteiger partial charge in [-0.25, -0.2) is 0 Å². The molecule has 4 N–H and O–H groups in total. The van der Waals surface area contributed by atoms with E-state index in [1.807, 2.05) is 0 Å². The van der Waals surface area contributed by atoms with Gasteiger partial charge in [0.05, 0.1) is 11.4 Å². The van der Waals surface area contributed by atoms with Gasteiger partial charge in [-0.1, -0.05) is 39.5 Å². The molecule has 0 spiro atoms. The van der Waals surface area contributed by atoms with Crippen LogP contribution in [0.15, 0.2) is 0 Å². The molecule has 5 heteroatoms. The lowest BCUT2D eigenvalue weighted by atomic mass is 9.83. The van der Waals surface area contributed by atoms with Crippen LogP contribution in [0.5, 0.6) is 0 Å². The predicted octanol–water partition coefficient (Wildman–Crippen LogP) is 2.64. The molecule has 5 nitrogen and oxygen atoms in total. The molecule has 0 aliphatic heterocycles. The molecule has 112 valence electrons. The third-order valence-corrected chi connectivity index (χ3v) is 4.35. The SMILES string of the molecule is CCCc1[nH]nc(C(=O)NC2CCCCC2CC)c1N. The Morgan fingerprint density at radius 1 is 1.40 bits per heavy atom. The topological polar surface area (TPSA) is 83.8 Å². The summed E-state index contributed by atoms with van der Waals surface area (Å²) in [4.78, 5) is 12.3. The zero-order valence-corrected chi connectivity index (χ0v) is 12.5. The molecule has 1 aromatic heterocycles. The summed E-state index contributed by atoms with van der Waals surface area (Å²) < 4.78 is 0. The van der Waals surface area contributed by atoms with Crippen molar-refractivity contribution >= 4 is 11.6 Å². The van der Waals surface area contributed by atoms with Crippen molar-refractivity contribution in [2.45, 2.75) is 64.8 Å². The fourth-order valence-electron chi connectivity index (χ4n) is 3.12. The molecule has 1 aliphatic carbocycles. The van der Waals surface area contributed by atoms with Crippen molar-refractivity contribution in [2.75, 3.05) is 5.73 Å². The first kappa shape index (κ1) is 14.9. The van der Waals surface area contributed by atoms with Crippen LogP contribution in [-0.4, -0.2) is 22.1 Å². The van der Waals surface area contributed by atoms with Gasteiger partial charge < -0.3 is 11.1 Å². The average molecular weight is 278 g/mol. The second-order valence-corrected chi connectivity index (χ2v) is 5.75. The molecule has 1 amide bonds. The Morgan fingerprint density at radius 2 is 2.15 bits per heavy atom. The molecule has 1 saturated carbocycles. The number of carbonyl (C=O) groups is 1. The standard InChI is InChI=1S/C15H26N4O/c1-3-7-12-13(16)14(19-18-12)15(20)17-11-9-6-5-8-10(11)4-2/h10-11H,3-9,16H2,1-2H3,(H,17,20)(H,18,19). The monoisotopic (exact) mass is 278 g/mol. The Bertz CT molecular complexity index is 455. The third-order valence-electron chi connectivity index (χ3n) is 4.35. The number of hydrogen-bond donors (Lipinski definition) is 3. The maximum Gasteiger partial charge on any atom is 0.274 e. The molecular weight excluding hydrogens is 252 g/mol. The van der Waals surface area contributed by atoms with Gasteiger partial charge in [0.2, 0.25) is 0 Å². The van der Waals surface area contributed by atoms with Crippen LogP contribution in [0.2, 0.25) is 0 Å². The minimum absolute atomic E-state index is 0.133. The van der Waals surface area contributed by atoms with Crippen molar-refractivity contribution < 1.29 is 4.79 Å². The number of hydrogen-bond acceptors (Lipinski definition) is 3. The smallest absolute Gasteiger partial charge is 0.274 e. The van der Waals surface area contributed by atoms with Crippen LogP contribution < -0.4 is 11.1 Å². The summed E-state index contributed by atoms with van der Waals surface area (Å²) in [5.41, 5.74) is 7.74. The van der Waals surface area contributed by atoms with Crippen molar-refractivity contribution in [3.63, 3.8) is 0 Å². The summed E-state index contributed by atoms with van der Waals surface area (Å²) in [6, 6.07) is 0.270. The highest BCUT2D eigenvalue weighted by atomic mass is 16.2. The summed E-state index contributed by atoms with van der Waals surface area (Å²) in [6.07, 6.45) is 7.66. The normalized spacial score (nSPS) is 22.7. The molecule has 1 fully saturated rings. The number of anilines is 1. The fourth-order valence-corrected chi connectivity index (χ4v) is 3.12. The number of aryl methyl sites for hydroxylation is 1. The molecule has 2 atom stereocenters. The summed E-state index contributed by atoms with van der Waals surface area (Å²) in [6.45, 7) is 4.27. The van der Waals surface area contributed by atoms with Crippen LogP contribution in [0, 0.1) is 5.92 Å². The Hall–Kier alpha value is -1.52.